The summed E-state index contributed by atoms with van der Waals surface area (Å²) >= 11 is 7.39. The third-order valence-electron chi connectivity index (χ3n) is 7.47. The van der Waals surface area contributed by atoms with Gasteiger partial charge in [0.05, 0.1) is 24.6 Å². The van der Waals surface area contributed by atoms with Gasteiger partial charge in [-0.05, 0) is 81.1 Å². The van der Waals surface area contributed by atoms with E-state index >= 15 is 0 Å². The smallest absolute Gasteiger partial charge is 0.119 e. The summed E-state index contributed by atoms with van der Waals surface area (Å²) in [6.45, 7) is 5.95. The second-order valence-electron chi connectivity index (χ2n) is 10.9. The molecule has 1 heterocycles. The minimum Gasteiger partial charge on any atom is -0.494 e. The van der Waals surface area contributed by atoms with Gasteiger partial charge in [-0.3, -0.25) is 0 Å². The van der Waals surface area contributed by atoms with E-state index in [1.807, 2.05) is 36.4 Å². The van der Waals surface area contributed by atoms with Crippen LogP contribution in [-0.2, 0) is 0 Å². The van der Waals surface area contributed by atoms with Gasteiger partial charge in [-0.2, -0.15) is 0 Å². The maximum absolute atomic E-state index is 6.17. The number of benzene rings is 3. The number of ether oxygens (including phenoxy) is 2. The molecular weight excluding hydrogens is 652 g/mol. The van der Waals surface area contributed by atoms with Crippen molar-refractivity contribution >= 4 is 42.9 Å². The summed E-state index contributed by atoms with van der Waals surface area (Å²) in [5.74, 6) is 1.72. The van der Waals surface area contributed by atoms with Crippen molar-refractivity contribution in [3.8, 4) is 34.0 Å². The van der Waals surface area contributed by atoms with Crippen molar-refractivity contribution in [1.29, 1.82) is 0 Å². The van der Waals surface area contributed by atoms with Crippen LogP contribution in [0.25, 0.3) is 33.5 Å². The van der Waals surface area contributed by atoms with Crippen LogP contribution < -0.4 is 9.47 Å². The summed E-state index contributed by atoms with van der Waals surface area (Å²) in [4.78, 5) is 10.3. The van der Waals surface area contributed by atoms with Crippen LogP contribution in [0.2, 0.25) is 0 Å². The first kappa shape index (κ1) is 32.5. The molecule has 3 aromatic carbocycles. The normalized spacial score (nSPS) is 11.2. The Morgan fingerprint density at radius 3 is 1.36 bits per heavy atom. The molecule has 0 aliphatic heterocycles. The number of halogens is 2. The van der Waals surface area contributed by atoms with Crippen molar-refractivity contribution < 1.29 is 9.47 Å². The summed E-state index contributed by atoms with van der Waals surface area (Å²) in [6.07, 6.45) is 14.9. The van der Waals surface area contributed by atoms with Crippen molar-refractivity contribution in [2.75, 3.05) is 13.2 Å². The first-order valence-corrected chi connectivity index (χ1v) is 17.3. The standard InChI is InChI=1S/C36H44Br2N2O2/c1-3-5-7-9-11-13-23-41-29-19-15-17-27(25-29)33-34(40-36-32(38)22-21-31(37)35(36)39-33)28-18-16-20-30(26-28)42-24-14-12-10-8-6-4-2/h15-22,25-26H,3-14,23-24H2,1-2H3. The highest BCUT2D eigenvalue weighted by molar-refractivity contribution is 9.11. The topological polar surface area (TPSA) is 44.2 Å². The Hall–Kier alpha value is -2.44. The molecule has 42 heavy (non-hydrogen) atoms. The molecule has 0 spiro atoms. The van der Waals surface area contributed by atoms with E-state index in [2.05, 4.69) is 70.0 Å². The number of aromatic nitrogens is 2. The average Bonchev–Trinajstić information content (AvgIpc) is 3.02. The van der Waals surface area contributed by atoms with E-state index in [1.54, 1.807) is 0 Å². The van der Waals surface area contributed by atoms with E-state index in [9.17, 15) is 0 Å². The van der Waals surface area contributed by atoms with Crippen molar-refractivity contribution in [2.45, 2.75) is 90.9 Å². The summed E-state index contributed by atoms with van der Waals surface area (Å²) < 4.78 is 14.2. The monoisotopic (exact) mass is 694 g/mol. The van der Waals surface area contributed by atoms with Gasteiger partial charge in [-0.1, -0.05) is 102 Å². The Morgan fingerprint density at radius 2 is 0.929 bits per heavy atom. The van der Waals surface area contributed by atoms with Crippen LogP contribution in [-0.4, -0.2) is 23.2 Å². The molecule has 0 N–H and O–H groups in total. The molecule has 0 saturated heterocycles. The van der Waals surface area contributed by atoms with Crippen LogP contribution in [0.3, 0.4) is 0 Å². The number of fused-ring (bicyclic) bond motifs is 1. The highest BCUT2D eigenvalue weighted by Gasteiger charge is 2.17. The Balaban J connectivity index is 1.57. The first-order valence-electron chi connectivity index (χ1n) is 15.7. The molecule has 4 nitrogen and oxygen atoms in total. The zero-order chi connectivity index (χ0) is 29.6. The quantitative estimate of drug-likeness (QED) is 0.0972. The molecule has 224 valence electrons. The molecule has 0 atom stereocenters. The van der Waals surface area contributed by atoms with Crippen molar-refractivity contribution in [2.24, 2.45) is 0 Å². The Bertz CT molecular complexity index is 1300. The lowest BCUT2D eigenvalue weighted by Crippen LogP contribution is -2.00. The number of unbranched alkanes of at least 4 members (excludes halogenated alkanes) is 10. The third kappa shape index (κ3) is 9.54. The zero-order valence-electron chi connectivity index (χ0n) is 25.1. The highest BCUT2D eigenvalue weighted by atomic mass is 79.9. The third-order valence-corrected chi connectivity index (χ3v) is 8.75. The van der Waals surface area contributed by atoms with E-state index in [-0.39, 0.29) is 0 Å². The predicted octanol–water partition coefficient (Wildman–Crippen LogP) is 12.0. The molecule has 4 rings (SSSR count). The fourth-order valence-electron chi connectivity index (χ4n) is 5.09. The Morgan fingerprint density at radius 1 is 0.524 bits per heavy atom. The van der Waals surface area contributed by atoms with Crippen molar-refractivity contribution in [1.82, 2.24) is 9.97 Å². The van der Waals surface area contributed by atoms with Crippen molar-refractivity contribution in [3.05, 3.63) is 69.6 Å². The van der Waals surface area contributed by atoms with Crippen LogP contribution in [0.4, 0.5) is 0 Å². The molecule has 6 heteroatoms. The largest absolute Gasteiger partial charge is 0.494 e. The van der Waals surface area contributed by atoms with E-state index in [4.69, 9.17) is 19.4 Å². The minimum atomic E-state index is 0.725. The summed E-state index contributed by atoms with van der Waals surface area (Å²) in [5.41, 5.74) is 5.23. The fraction of sp³-hybridized carbons (Fsp3) is 0.444. The fourth-order valence-corrected chi connectivity index (χ4v) is 5.90. The average molecular weight is 697 g/mol. The maximum Gasteiger partial charge on any atom is 0.119 e. The number of rotatable bonds is 18. The number of hydrogen-bond donors (Lipinski definition) is 0. The van der Waals surface area contributed by atoms with E-state index in [1.165, 1.54) is 64.2 Å². The second kappa shape index (κ2) is 17.6. The number of hydrogen-bond acceptors (Lipinski definition) is 4. The van der Waals surface area contributed by atoms with Crippen LogP contribution in [0, 0.1) is 0 Å². The van der Waals surface area contributed by atoms with Gasteiger partial charge < -0.3 is 9.47 Å². The maximum atomic E-state index is 6.17. The lowest BCUT2D eigenvalue weighted by molar-refractivity contribution is 0.304. The lowest BCUT2D eigenvalue weighted by Gasteiger charge is -2.14. The summed E-state index contributed by atoms with van der Waals surface area (Å²) in [5, 5.41) is 0. The molecule has 0 amide bonds. The predicted molar refractivity (Wildman–Crippen MR) is 184 cm³/mol. The van der Waals surface area contributed by atoms with Gasteiger partial charge in [-0.15, -0.1) is 0 Å². The molecule has 0 radical (unpaired) electrons. The van der Waals surface area contributed by atoms with Gasteiger partial charge in [0.25, 0.3) is 0 Å². The molecule has 0 bridgehead atoms. The molecule has 0 saturated carbocycles. The van der Waals surface area contributed by atoms with Crippen molar-refractivity contribution in [3.63, 3.8) is 0 Å². The van der Waals surface area contributed by atoms with Crippen LogP contribution >= 0.6 is 31.9 Å². The van der Waals surface area contributed by atoms with Crippen LogP contribution in [0.1, 0.15) is 90.9 Å². The Labute approximate surface area is 268 Å². The second-order valence-corrected chi connectivity index (χ2v) is 12.6. The molecule has 4 aromatic rings. The first-order chi connectivity index (χ1) is 20.6. The van der Waals surface area contributed by atoms with E-state index in [0.29, 0.717) is 0 Å². The molecule has 0 aliphatic carbocycles. The molecule has 0 fully saturated rings. The van der Waals surface area contributed by atoms with Gasteiger partial charge in [0.2, 0.25) is 0 Å². The molecule has 1 aromatic heterocycles. The number of nitrogens with zero attached hydrogens (tertiary/aromatic N) is 2. The molecular formula is C36H44Br2N2O2. The lowest BCUT2D eigenvalue weighted by atomic mass is 10.0. The highest BCUT2D eigenvalue weighted by Crippen LogP contribution is 2.37. The van der Waals surface area contributed by atoms with Gasteiger partial charge >= 0.3 is 0 Å². The Kier molecular flexibility index (Phi) is 13.6. The van der Waals surface area contributed by atoms with E-state index < -0.39 is 0 Å². The summed E-state index contributed by atoms with van der Waals surface area (Å²) in [7, 11) is 0. The van der Waals surface area contributed by atoms with Gasteiger partial charge in [-0.25, -0.2) is 9.97 Å². The minimum absolute atomic E-state index is 0.725. The van der Waals surface area contributed by atoms with Crippen LogP contribution in [0.15, 0.2) is 69.6 Å². The molecule has 0 aliphatic rings. The summed E-state index contributed by atoms with van der Waals surface area (Å²) in [6, 6.07) is 20.5. The SMILES string of the molecule is CCCCCCCCOc1cccc(-c2nc3c(Br)ccc(Br)c3nc2-c2cccc(OCCCCCCCC)c2)c1. The van der Waals surface area contributed by atoms with Gasteiger partial charge in [0.1, 0.15) is 22.5 Å². The van der Waals surface area contributed by atoms with E-state index in [0.717, 1.165) is 80.0 Å². The zero-order valence-corrected chi connectivity index (χ0v) is 28.3. The van der Waals surface area contributed by atoms with Crippen LogP contribution in [0.5, 0.6) is 11.5 Å². The van der Waals surface area contributed by atoms with Gasteiger partial charge in [0.15, 0.2) is 0 Å². The van der Waals surface area contributed by atoms with Gasteiger partial charge in [0, 0.05) is 20.1 Å². The molecule has 0 unspecified atom stereocenters.